The van der Waals surface area contributed by atoms with Gasteiger partial charge in [0.25, 0.3) is 5.91 Å². The summed E-state index contributed by atoms with van der Waals surface area (Å²) in [5.74, 6) is 0.698. The van der Waals surface area contributed by atoms with Gasteiger partial charge in [-0.2, -0.15) is 4.98 Å². The minimum atomic E-state index is -0.934. The minimum absolute atomic E-state index is 0.193. The van der Waals surface area contributed by atoms with Crippen molar-refractivity contribution in [2.45, 2.75) is 19.6 Å². The summed E-state index contributed by atoms with van der Waals surface area (Å²) in [6.45, 7) is 8.16. The largest absolute Gasteiger partial charge is 0.384 e. The summed E-state index contributed by atoms with van der Waals surface area (Å²) in [5.41, 5.74) is 0.879. The molecule has 0 saturated carbocycles. The van der Waals surface area contributed by atoms with Crippen molar-refractivity contribution in [3.05, 3.63) is 16.2 Å². The first-order valence-corrected chi connectivity index (χ1v) is 10.7. The zero-order chi connectivity index (χ0) is 19.7. The molecule has 0 bridgehead atoms. The molecular weight excluding hydrogens is 402 g/mol. The van der Waals surface area contributed by atoms with Crippen molar-refractivity contribution in [1.29, 1.82) is 0 Å². The molecule has 2 aromatic rings. The summed E-state index contributed by atoms with van der Waals surface area (Å²) in [7, 11) is 0. The number of aliphatic hydroxyl groups is 1. The second-order valence-corrected chi connectivity index (χ2v) is 8.59. The molecule has 4 rings (SSSR count). The van der Waals surface area contributed by atoms with E-state index in [1.54, 1.807) is 16.2 Å². The Kier molecular flexibility index (Phi) is 5.98. The molecule has 2 fully saturated rings. The number of rotatable bonds is 4. The highest BCUT2D eigenvalue weighted by Gasteiger charge is 2.25. The molecule has 1 amide bonds. The molecule has 0 spiro atoms. The Morgan fingerprint density at radius 1 is 1.25 bits per heavy atom. The van der Waals surface area contributed by atoms with Gasteiger partial charge in [0, 0.05) is 50.7 Å². The third-order valence-corrected chi connectivity index (χ3v) is 6.38. The number of nitrogens with zero attached hydrogens (tertiary/aromatic N) is 5. The molecule has 2 aliphatic rings. The van der Waals surface area contributed by atoms with E-state index >= 15 is 0 Å². The van der Waals surface area contributed by atoms with Gasteiger partial charge < -0.3 is 19.6 Å². The maximum absolute atomic E-state index is 11.9. The summed E-state index contributed by atoms with van der Waals surface area (Å²) in [4.78, 5) is 28.3. The second-order valence-electron chi connectivity index (χ2n) is 7.12. The van der Waals surface area contributed by atoms with Crippen LogP contribution >= 0.6 is 22.9 Å². The molecular formula is C18H24ClN5O3S. The van der Waals surface area contributed by atoms with Crippen LogP contribution in [0.3, 0.4) is 0 Å². The lowest BCUT2D eigenvalue weighted by atomic mass is 10.2. The van der Waals surface area contributed by atoms with Crippen LogP contribution in [-0.2, 0) is 16.1 Å². The normalized spacial score (nSPS) is 20.0. The number of thiophene rings is 1. The zero-order valence-corrected chi connectivity index (χ0v) is 17.4. The average Bonchev–Trinajstić information content (AvgIpc) is 3.10. The van der Waals surface area contributed by atoms with Crippen LogP contribution in [-0.4, -0.2) is 89.4 Å². The van der Waals surface area contributed by atoms with Crippen LogP contribution in [0.1, 0.15) is 11.8 Å². The second kappa shape index (κ2) is 8.46. The van der Waals surface area contributed by atoms with E-state index in [1.807, 2.05) is 0 Å². The van der Waals surface area contributed by atoms with E-state index in [0.717, 1.165) is 48.8 Å². The summed E-state index contributed by atoms with van der Waals surface area (Å²) < 4.78 is 6.50. The van der Waals surface area contributed by atoms with Crippen LogP contribution in [0.5, 0.6) is 0 Å². The fourth-order valence-electron chi connectivity index (χ4n) is 3.62. The minimum Gasteiger partial charge on any atom is -0.384 e. The number of aromatic nitrogens is 2. The number of fused-ring (bicyclic) bond motifs is 1. The molecule has 4 heterocycles. The highest BCUT2D eigenvalue weighted by atomic mass is 35.5. The molecule has 1 unspecified atom stereocenters. The SMILES string of the molecule is CC(O)C(=O)N1CCN(Cc2cc3nc(Cl)nc(N4CCOCC4)c3s2)CC1. The summed E-state index contributed by atoms with van der Waals surface area (Å²) >= 11 is 7.88. The van der Waals surface area contributed by atoms with E-state index < -0.39 is 6.10 Å². The summed E-state index contributed by atoms with van der Waals surface area (Å²) in [6.07, 6.45) is -0.934. The third-order valence-electron chi connectivity index (χ3n) is 5.11. The van der Waals surface area contributed by atoms with E-state index in [2.05, 4.69) is 25.8 Å². The Morgan fingerprint density at radius 2 is 1.96 bits per heavy atom. The first-order chi connectivity index (χ1) is 13.5. The number of hydrogen-bond donors (Lipinski definition) is 1. The molecule has 2 saturated heterocycles. The highest BCUT2D eigenvalue weighted by Crippen LogP contribution is 2.34. The van der Waals surface area contributed by atoms with Crippen molar-refractivity contribution in [1.82, 2.24) is 19.8 Å². The van der Waals surface area contributed by atoms with Crippen LogP contribution in [0.2, 0.25) is 5.28 Å². The molecule has 8 nitrogen and oxygen atoms in total. The molecule has 0 radical (unpaired) electrons. The first kappa shape index (κ1) is 19.8. The number of carbonyl (C=O) groups excluding carboxylic acids is 1. The number of ether oxygens (including phenoxy) is 1. The molecule has 28 heavy (non-hydrogen) atoms. The van der Waals surface area contributed by atoms with E-state index in [9.17, 15) is 9.90 Å². The number of anilines is 1. The van der Waals surface area contributed by atoms with Gasteiger partial charge in [-0.25, -0.2) is 4.98 Å². The smallest absolute Gasteiger partial charge is 0.251 e. The summed E-state index contributed by atoms with van der Waals surface area (Å²) in [6, 6.07) is 2.09. The van der Waals surface area contributed by atoms with E-state index in [4.69, 9.17) is 16.3 Å². The number of aliphatic hydroxyl groups excluding tert-OH is 1. The van der Waals surface area contributed by atoms with Crippen molar-refractivity contribution in [3.63, 3.8) is 0 Å². The number of halogens is 1. The van der Waals surface area contributed by atoms with Crippen LogP contribution in [0.4, 0.5) is 5.82 Å². The van der Waals surface area contributed by atoms with Crippen LogP contribution in [0, 0.1) is 0 Å². The Hall–Kier alpha value is -1.52. The van der Waals surface area contributed by atoms with Gasteiger partial charge in [0.2, 0.25) is 5.28 Å². The van der Waals surface area contributed by atoms with E-state index in [-0.39, 0.29) is 11.2 Å². The van der Waals surface area contributed by atoms with E-state index in [0.29, 0.717) is 26.3 Å². The van der Waals surface area contributed by atoms with Crippen molar-refractivity contribution < 1.29 is 14.6 Å². The molecule has 1 N–H and O–H groups in total. The third kappa shape index (κ3) is 4.23. The van der Waals surface area contributed by atoms with Crippen molar-refractivity contribution in [2.75, 3.05) is 57.4 Å². The quantitative estimate of drug-likeness (QED) is 0.737. The Bertz CT molecular complexity index is 847. The Labute approximate surface area is 172 Å². The Balaban J connectivity index is 1.47. The van der Waals surface area contributed by atoms with Crippen LogP contribution in [0.25, 0.3) is 10.2 Å². The molecule has 0 aliphatic carbocycles. The van der Waals surface area contributed by atoms with Crippen molar-refractivity contribution in [2.24, 2.45) is 0 Å². The van der Waals surface area contributed by atoms with Gasteiger partial charge in [-0.15, -0.1) is 11.3 Å². The van der Waals surface area contributed by atoms with Crippen LogP contribution < -0.4 is 4.90 Å². The predicted molar refractivity (Wildman–Crippen MR) is 109 cm³/mol. The van der Waals surface area contributed by atoms with Gasteiger partial charge in [0.15, 0.2) is 5.82 Å². The monoisotopic (exact) mass is 425 g/mol. The molecule has 2 aliphatic heterocycles. The zero-order valence-electron chi connectivity index (χ0n) is 15.8. The van der Waals surface area contributed by atoms with Gasteiger partial charge >= 0.3 is 0 Å². The predicted octanol–water partition coefficient (Wildman–Crippen LogP) is 1.21. The van der Waals surface area contributed by atoms with Gasteiger partial charge in [-0.05, 0) is 24.6 Å². The van der Waals surface area contributed by atoms with Crippen LogP contribution in [0.15, 0.2) is 6.07 Å². The lowest BCUT2D eigenvalue weighted by Gasteiger charge is -2.35. The first-order valence-electron chi connectivity index (χ1n) is 9.49. The molecule has 2 aromatic heterocycles. The standard InChI is InChI=1S/C18H24ClN5O3S/c1-12(25)17(26)24-4-2-22(3-5-24)11-13-10-14-15(28-13)16(21-18(19)20-14)23-6-8-27-9-7-23/h10,12,25H,2-9,11H2,1H3. The molecule has 152 valence electrons. The van der Waals surface area contributed by atoms with E-state index in [1.165, 1.54) is 11.8 Å². The lowest BCUT2D eigenvalue weighted by Crippen LogP contribution is -2.50. The number of carbonyl (C=O) groups is 1. The van der Waals surface area contributed by atoms with Gasteiger partial charge in [-0.3, -0.25) is 9.69 Å². The number of piperazine rings is 1. The maximum atomic E-state index is 11.9. The number of hydrogen-bond acceptors (Lipinski definition) is 8. The van der Waals surface area contributed by atoms with Crippen molar-refractivity contribution >= 4 is 44.9 Å². The average molecular weight is 426 g/mol. The highest BCUT2D eigenvalue weighted by molar-refractivity contribution is 7.19. The lowest BCUT2D eigenvalue weighted by molar-refractivity contribution is -0.141. The fourth-order valence-corrected chi connectivity index (χ4v) is 4.94. The molecule has 1 atom stereocenters. The Morgan fingerprint density at radius 3 is 2.64 bits per heavy atom. The number of amides is 1. The molecule has 0 aromatic carbocycles. The molecule has 10 heteroatoms. The fraction of sp³-hybridized carbons (Fsp3) is 0.611. The van der Waals surface area contributed by atoms with Gasteiger partial charge in [0.1, 0.15) is 6.10 Å². The maximum Gasteiger partial charge on any atom is 0.251 e. The van der Waals surface area contributed by atoms with Gasteiger partial charge in [-0.1, -0.05) is 0 Å². The summed E-state index contributed by atoms with van der Waals surface area (Å²) in [5, 5.41) is 9.74. The van der Waals surface area contributed by atoms with Gasteiger partial charge in [0.05, 0.1) is 23.4 Å². The van der Waals surface area contributed by atoms with Crippen molar-refractivity contribution in [3.8, 4) is 0 Å². The topological polar surface area (TPSA) is 82.0 Å². The number of morpholine rings is 1.